The summed E-state index contributed by atoms with van der Waals surface area (Å²) in [4.78, 5) is 23.3. The molecule has 4 rings (SSSR count). The predicted octanol–water partition coefficient (Wildman–Crippen LogP) is 6.84. The van der Waals surface area contributed by atoms with Gasteiger partial charge in [-0.1, -0.05) is 0 Å². The smallest absolute Gasteiger partial charge is 0.280 e. The highest BCUT2D eigenvalue weighted by Crippen LogP contribution is 2.39. The van der Waals surface area contributed by atoms with E-state index in [9.17, 15) is 36.9 Å². The monoisotopic (exact) mass is 625 g/mol. The lowest BCUT2D eigenvalue weighted by atomic mass is 10.1. The zero-order valence-corrected chi connectivity index (χ0v) is 22.2. The molecule has 3 aromatic rings. The summed E-state index contributed by atoms with van der Waals surface area (Å²) in [6.45, 7) is 3.32. The molecule has 0 spiro atoms. The van der Waals surface area contributed by atoms with Crippen LogP contribution in [0.15, 0.2) is 51.5 Å². The molecule has 0 aromatic heterocycles. The van der Waals surface area contributed by atoms with Crippen molar-refractivity contribution in [1.29, 1.82) is 0 Å². The molecule has 1 amide bonds. The molecule has 0 atom stereocenters. The lowest BCUT2D eigenvalue weighted by Crippen LogP contribution is -2.25. The minimum absolute atomic E-state index is 0.0399. The number of rotatable bonds is 8. The van der Waals surface area contributed by atoms with E-state index < -0.39 is 45.6 Å². The highest BCUT2D eigenvalue weighted by atomic mass is 79.9. The molecule has 0 radical (unpaired) electrons. The average molecular weight is 626 g/mol. The number of halogens is 6. The minimum atomic E-state index is -2.36. The first-order chi connectivity index (χ1) is 18.9. The maximum Gasteiger partial charge on any atom is 0.280 e. The SMILES string of the molecule is CCOc1cc(/C=C2/C(=O)N(c3c(F)c(F)c(F)c(F)c3F)N=C2C)cc(Br)c1OCc1ccc([N+](=O)[O-])cc1. The Morgan fingerprint density at radius 1 is 1.00 bits per heavy atom. The van der Waals surface area contributed by atoms with Crippen molar-refractivity contribution in [3.63, 3.8) is 0 Å². The van der Waals surface area contributed by atoms with Gasteiger partial charge in [0.2, 0.25) is 5.82 Å². The van der Waals surface area contributed by atoms with Crippen molar-refractivity contribution in [1.82, 2.24) is 0 Å². The number of benzene rings is 3. The normalized spacial score (nSPS) is 14.1. The summed E-state index contributed by atoms with van der Waals surface area (Å²) in [5.41, 5.74) is -0.774. The summed E-state index contributed by atoms with van der Waals surface area (Å²) in [6.07, 6.45) is 1.31. The van der Waals surface area contributed by atoms with Gasteiger partial charge in [0.1, 0.15) is 12.3 Å². The number of hydrogen-bond acceptors (Lipinski definition) is 6. The molecule has 3 aromatic carbocycles. The molecule has 1 heterocycles. The van der Waals surface area contributed by atoms with Gasteiger partial charge in [-0.3, -0.25) is 14.9 Å². The Labute approximate surface area is 231 Å². The van der Waals surface area contributed by atoms with E-state index in [1.807, 2.05) is 0 Å². The van der Waals surface area contributed by atoms with E-state index in [1.54, 1.807) is 13.0 Å². The van der Waals surface area contributed by atoms with Crippen molar-refractivity contribution in [3.05, 3.63) is 96.8 Å². The van der Waals surface area contributed by atoms with Gasteiger partial charge in [0.15, 0.2) is 34.8 Å². The van der Waals surface area contributed by atoms with Gasteiger partial charge in [-0.25, -0.2) is 22.0 Å². The first kappa shape index (κ1) is 28.7. The maximum atomic E-state index is 14.3. The van der Waals surface area contributed by atoms with Crippen molar-refractivity contribution in [2.45, 2.75) is 20.5 Å². The second kappa shape index (κ2) is 11.4. The van der Waals surface area contributed by atoms with E-state index in [2.05, 4.69) is 21.0 Å². The summed E-state index contributed by atoms with van der Waals surface area (Å²) in [6, 6.07) is 8.80. The third-order valence-electron chi connectivity index (χ3n) is 5.63. The Bertz CT molecular complexity index is 1570. The quantitative estimate of drug-likeness (QED) is 0.0682. The number of amides is 1. The fourth-order valence-electron chi connectivity index (χ4n) is 3.73. The van der Waals surface area contributed by atoms with E-state index in [0.717, 1.165) is 0 Å². The molecule has 0 fully saturated rings. The van der Waals surface area contributed by atoms with Crippen LogP contribution >= 0.6 is 15.9 Å². The number of ether oxygens (including phenoxy) is 2. The molecule has 1 aliphatic rings. The van der Waals surface area contributed by atoms with Crippen LogP contribution in [0.5, 0.6) is 11.5 Å². The van der Waals surface area contributed by atoms with Crippen LogP contribution in [0.3, 0.4) is 0 Å². The van der Waals surface area contributed by atoms with E-state index in [-0.39, 0.29) is 46.7 Å². The molecule has 1 aliphatic heterocycles. The fourth-order valence-corrected chi connectivity index (χ4v) is 4.30. The molecule has 0 unspecified atom stereocenters. The van der Waals surface area contributed by atoms with Crippen LogP contribution in [-0.4, -0.2) is 23.1 Å². The van der Waals surface area contributed by atoms with Crippen LogP contribution in [0.25, 0.3) is 6.08 Å². The van der Waals surface area contributed by atoms with Crippen molar-refractivity contribution < 1.29 is 41.1 Å². The van der Waals surface area contributed by atoms with Crippen molar-refractivity contribution >= 4 is 45.0 Å². The van der Waals surface area contributed by atoms with Crippen molar-refractivity contribution in [3.8, 4) is 11.5 Å². The van der Waals surface area contributed by atoms with Crippen molar-refractivity contribution in [2.24, 2.45) is 5.10 Å². The standard InChI is InChI=1S/C26H17BrF5N3O5/c1-3-39-18-10-14(9-17(27)25(18)40-11-13-4-6-15(7-5-13)35(37)38)8-16-12(2)33-34(26(16)36)24-22(31)20(29)19(28)21(30)23(24)32/h4-10H,3,11H2,1-2H3/b16-8+. The van der Waals surface area contributed by atoms with Gasteiger partial charge in [0.05, 0.1) is 27.3 Å². The molecule has 208 valence electrons. The first-order valence-corrected chi connectivity index (χ1v) is 12.2. The second-order valence-corrected chi connectivity index (χ2v) is 9.11. The lowest BCUT2D eigenvalue weighted by Gasteiger charge is -2.16. The number of nitro benzene ring substituents is 1. The van der Waals surface area contributed by atoms with Crippen LogP contribution in [0.2, 0.25) is 0 Å². The number of non-ortho nitro benzene ring substituents is 1. The summed E-state index contributed by atoms with van der Waals surface area (Å²) >= 11 is 3.38. The average Bonchev–Trinajstić information content (AvgIpc) is 3.19. The number of hydrogen-bond donors (Lipinski definition) is 0. The minimum Gasteiger partial charge on any atom is -0.490 e. The number of nitrogens with zero attached hydrogens (tertiary/aromatic N) is 3. The number of carbonyl (C=O) groups is 1. The Kier molecular flexibility index (Phi) is 8.18. The lowest BCUT2D eigenvalue weighted by molar-refractivity contribution is -0.384. The Morgan fingerprint density at radius 3 is 2.17 bits per heavy atom. The van der Waals surface area contributed by atoms with Crippen LogP contribution in [-0.2, 0) is 11.4 Å². The van der Waals surface area contributed by atoms with Gasteiger partial charge in [0, 0.05) is 12.1 Å². The van der Waals surface area contributed by atoms with Crippen molar-refractivity contribution in [2.75, 3.05) is 11.6 Å². The molecular weight excluding hydrogens is 609 g/mol. The van der Waals surface area contributed by atoms with E-state index in [4.69, 9.17) is 9.47 Å². The van der Waals surface area contributed by atoms with Gasteiger partial charge in [-0.05, 0) is 71.2 Å². The Morgan fingerprint density at radius 2 is 1.60 bits per heavy atom. The largest absolute Gasteiger partial charge is 0.490 e. The Hall–Kier alpha value is -4.33. The zero-order chi connectivity index (χ0) is 29.3. The summed E-state index contributed by atoms with van der Waals surface area (Å²) in [5.74, 6) is -11.7. The molecule has 0 saturated carbocycles. The molecule has 0 bridgehead atoms. The topological polar surface area (TPSA) is 94.3 Å². The van der Waals surface area contributed by atoms with Crippen LogP contribution in [0, 0.1) is 39.2 Å². The highest BCUT2D eigenvalue weighted by Gasteiger charge is 2.37. The molecule has 0 saturated heterocycles. The Balaban J connectivity index is 1.64. The molecule has 0 aliphatic carbocycles. The number of hydrazone groups is 1. The van der Waals surface area contributed by atoms with Gasteiger partial charge in [-0.2, -0.15) is 10.1 Å². The molecular formula is C26H17BrF5N3O5. The van der Waals surface area contributed by atoms with Crippen LogP contribution < -0.4 is 14.5 Å². The van der Waals surface area contributed by atoms with Gasteiger partial charge >= 0.3 is 0 Å². The van der Waals surface area contributed by atoms with E-state index in [1.165, 1.54) is 43.3 Å². The predicted molar refractivity (Wildman–Crippen MR) is 138 cm³/mol. The fraction of sp³-hybridized carbons (Fsp3) is 0.154. The molecule has 0 N–H and O–H groups in total. The summed E-state index contributed by atoms with van der Waals surface area (Å²) < 4.78 is 81.5. The molecule has 14 heteroatoms. The zero-order valence-electron chi connectivity index (χ0n) is 20.6. The van der Waals surface area contributed by atoms with Gasteiger partial charge in [0.25, 0.3) is 11.6 Å². The molecule has 40 heavy (non-hydrogen) atoms. The highest BCUT2D eigenvalue weighted by molar-refractivity contribution is 9.10. The third kappa shape index (κ3) is 5.39. The van der Waals surface area contributed by atoms with Gasteiger partial charge in [-0.15, -0.1) is 0 Å². The summed E-state index contributed by atoms with van der Waals surface area (Å²) in [5, 5.41) is 14.7. The van der Waals surface area contributed by atoms with Crippen LogP contribution in [0.1, 0.15) is 25.0 Å². The van der Waals surface area contributed by atoms with Crippen LogP contribution in [0.4, 0.5) is 33.3 Å². The number of carbonyl (C=O) groups excluding carboxylic acids is 1. The van der Waals surface area contributed by atoms with Gasteiger partial charge < -0.3 is 9.47 Å². The van der Waals surface area contributed by atoms with E-state index >= 15 is 0 Å². The van der Waals surface area contributed by atoms with E-state index in [0.29, 0.717) is 15.6 Å². The first-order valence-electron chi connectivity index (χ1n) is 11.4. The number of anilines is 1. The maximum absolute atomic E-state index is 14.3. The third-order valence-corrected chi connectivity index (χ3v) is 6.22. The summed E-state index contributed by atoms with van der Waals surface area (Å²) in [7, 11) is 0. The number of nitro groups is 1. The molecule has 8 nitrogen and oxygen atoms in total. The second-order valence-electron chi connectivity index (χ2n) is 8.25.